The summed E-state index contributed by atoms with van der Waals surface area (Å²) in [6.07, 6.45) is 5.88. The second-order valence-corrected chi connectivity index (χ2v) is 8.83. The number of piperidine rings is 1. The first-order valence-corrected chi connectivity index (χ1v) is 10.6. The summed E-state index contributed by atoms with van der Waals surface area (Å²) in [7, 11) is 0. The minimum Gasteiger partial charge on any atom is -0.351 e. The normalized spacial score (nSPS) is 23.4. The number of carbonyl (C=O) groups is 1. The molecule has 2 amide bonds. The van der Waals surface area contributed by atoms with Gasteiger partial charge in [0, 0.05) is 13.1 Å². The minimum atomic E-state index is -0.294. The van der Waals surface area contributed by atoms with Crippen molar-refractivity contribution in [3.8, 4) is 0 Å². The zero-order valence-electron chi connectivity index (χ0n) is 16.4. The van der Waals surface area contributed by atoms with Gasteiger partial charge < -0.3 is 15.5 Å². The van der Waals surface area contributed by atoms with Gasteiger partial charge in [0.25, 0.3) is 0 Å². The lowest BCUT2D eigenvalue weighted by molar-refractivity contribution is 0.105. The van der Waals surface area contributed by atoms with Crippen LogP contribution in [0.25, 0.3) is 0 Å². The lowest BCUT2D eigenvalue weighted by Crippen LogP contribution is -2.53. The van der Waals surface area contributed by atoms with Gasteiger partial charge in [0.15, 0.2) is 0 Å². The quantitative estimate of drug-likeness (QED) is 0.874. The van der Waals surface area contributed by atoms with E-state index in [0.29, 0.717) is 12.0 Å². The van der Waals surface area contributed by atoms with E-state index in [-0.39, 0.29) is 12.1 Å². The number of fused-ring (bicyclic) bond motifs is 3. The molecule has 1 aliphatic carbocycles. The van der Waals surface area contributed by atoms with Crippen LogP contribution in [0.15, 0.2) is 48.5 Å². The van der Waals surface area contributed by atoms with E-state index < -0.39 is 0 Å². The van der Waals surface area contributed by atoms with Crippen molar-refractivity contribution in [3.63, 3.8) is 0 Å². The Hall–Kier alpha value is -2.33. The first-order chi connectivity index (χ1) is 13.6. The molecule has 146 valence electrons. The van der Waals surface area contributed by atoms with E-state index >= 15 is 0 Å². The standard InChI is InChI=1S/C24H29N3O/c25-23(28)27-16-20-7-2-1-6-19(20)15-21(27)17-26-13-11-24(12-14-26)10-9-18-5-3-4-8-22(18)24/h1-8,21H,9-17H2,(H2,25,28). The number of likely N-dealkylation sites (tertiary alicyclic amines) is 1. The van der Waals surface area contributed by atoms with Crippen LogP contribution in [0, 0.1) is 0 Å². The molecule has 2 N–H and O–H groups in total. The molecule has 5 rings (SSSR count). The number of hydrogen-bond acceptors (Lipinski definition) is 2. The number of carbonyl (C=O) groups excluding carboxylic acids is 1. The maximum absolute atomic E-state index is 12.1. The van der Waals surface area contributed by atoms with Crippen molar-refractivity contribution in [1.82, 2.24) is 9.80 Å². The molecule has 4 heteroatoms. The van der Waals surface area contributed by atoms with Crippen LogP contribution >= 0.6 is 0 Å². The third-order valence-electron chi connectivity index (χ3n) is 7.38. The smallest absolute Gasteiger partial charge is 0.315 e. The Morgan fingerprint density at radius 1 is 0.964 bits per heavy atom. The van der Waals surface area contributed by atoms with Crippen molar-refractivity contribution in [2.24, 2.45) is 5.73 Å². The highest BCUT2D eigenvalue weighted by Crippen LogP contribution is 2.46. The van der Waals surface area contributed by atoms with Crippen LogP contribution < -0.4 is 5.73 Å². The van der Waals surface area contributed by atoms with Gasteiger partial charge in [-0.25, -0.2) is 4.79 Å². The summed E-state index contributed by atoms with van der Waals surface area (Å²) in [5.41, 5.74) is 11.9. The van der Waals surface area contributed by atoms with Crippen molar-refractivity contribution in [2.45, 2.75) is 50.1 Å². The predicted octanol–water partition coefficient (Wildman–Crippen LogP) is 3.47. The van der Waals surface area contributed by atoms with Crippen LogP contribution in [0.2, 0.25) is 0 Å². The number of amides is 2. The van der Waals surface area contributed by atoms with Crippen LogP contribution in [0.3, 0.4) is 0 Å². The van der Waals surface area contributed by atoms with E-state index in [4.69, 9.17) is 5.73 Å². The SMILES string of the molecule is NC(=O)N1Cc2ccccc2CC1CN1CCC2(CCc3ccccc32)CC1. The second-order valence-electron chi connectivity index (χ2n) is 8.83. The van der Waals surface area contributed by atoms with Gasteiger partial charge in [0.05, 0.1) is 6.04 Å². The highest BCUT2D eigenvalue weighted by atomic mass is 16.2. The molecule has 1 spiro atoms. The van der Waals surface area contributed by atoms with Crippen LogP contribution in [0.1, 0.15) is 41.5 Å². The fraction of sp³-hybridized carbons (Fsp3) is 0.458. The molecule has 0 saturated carbocycles. The molecule has 0 radical (unpaired) electrons. The molecule has 0 aromatic heterocycles. The van der Waals surface area contributed by atoms with Crippen molar-refractivity contribution < 1.29 is 4.79 Å². The summed E-state index contributed by atoms with van der Waals surface area (Å²) in [5, 5.41) is 0. The first-order valence-electron chi connectivity index (χ1n) is 10.6. The average molecular weight is 376 g/mol. The van der Waals surface area contributed by atoms with Crippen molar-refractivity contribution in [2.75, 3.05) is 19.6 Å². The predicted molar refractivity (Wildman–Crippen MR) is 111 cm³/mol. The number of aryl methyl sites for hydroxylation is 1. The Morgan fingerprint density at radius 2 is 1.64 bits per heavy atom. The van der Waals surface area contributed by atoms with Crippen molar-refractivity contribution >= 4 is 6.03 Å². The largest absolute Gasteiger partial charge is 0.351 e. The van der Waals surface area contributed by atoms with E-state index in [0.717, 1.165) is 26.1 Å². The molecule has 28 heavy (non-hydrogen) atoms. The molecule has 2 aromatic carbocycles. The van der Waals surface area contributed by atoms with Gasteiger partial charge >= 0.3 is 6.03 Å². The first kappa shape index (κ1) is 17.7. The molecule has 3 aliphatic rings. The number of benzene rings is 2. The fourth-order valence-corrected chi connectivity index (χ4v) is 5.75. The molecule has 1 unspecified atom stereocenters. The maximum atomic E-state index is 12.1. The number of nitrogens with two attached hydrogens (primary N) is 1. The lowest BCUT2D eigenvalue weighted by Gasteiger charge is -2.44. The molecule has 4 nitrogen and oxygen atoms in total. The van der Waals surface area contributed by atoms with E-state index in [2.05, 4.69) is 47.4 Å². The van der Waals surface area contributed by atoms with Gasteiger partial charge in [-0.1, -0.05) is 48.5 Å². The number of hydrogen-bond donors (Lipinski definition) is 1. The van der Waals surface area contributed by atoms with Crippen LogP contribution in [-0.4, -0.2) is 41.5 Å². The van der Waals surface area contributed by atoms with Crippen LogP contribution in [-0.2, 0) is 24.8 Å². The molecule has 2 aromatic rings. The zero-order chi connectivity index (χ0) is 19.1. The van der Waals surface area contributed by atoms with Crippen LogP contribution in [0.5, 0.6) is 0 Å². The summed E-state index contributed by atoms with van der Waals surface area (Å²) >= 11 is 0. The highest BCUT2D eigenvalue weighted by Gasteiger charge is 2.41. The second kappa shape index (κ2) is 6.93. The molecule has 1 fully saturated rings. The van der Waals surface area contributed by atoms with Gasteiger partial charge in [-0.2, -0.15) is 0 Å². The third kappa shape index (κ3) is 3.00. The molecule has 1 saturated heterocycles. The summed E-state index contributed by atoms with van der Waals surface area (Å²) in [5.74, 6) is 0. The van der Waals surface area contributed by atoms with E-state index in [1.807, 2.05) is 11.0 Å². The number of primary amides is 1. The van der Waals surface area contributed by atoms with Crippen molar-refractivity contribution in [1.29, 1.82) is 0 Å². The van der Waals surface area contributed by atoms with E-state index in [1.54, 1.807) is 11.1 Å². The fourth-order valence-electron chi connectivity index (χ4n) is 5.75. The summed E-state index contributed by atoms with van der Waals surface area (Å²) in [6.45, 7) is 3.79. The Kier molecular flexibility index (Phi) is 4.39. The van der Waals surface area contributed by atoms with Crippen molar-refractivity contribution in [3.05, 3.63) is 70.8 Å². The molecular weight excluding hydrogens is 346 g/mol. The minimum absolute atomic E-state index is 0.178. The maximum Gasteiger partial charge on any atom is 0.315 e. The molecule has 2 aliphatic heterocycles. The number of nitrogens with zero attached hydrogens (tertiary/aromatic N) is 2. The topological polar surface area (TPSA) is 49.6 Å². The Morgan fingerprint density at radius 3 is 2.39 bits per heavy atom. The lowest BCUT2D eigenvalue weighted by atomic mass is 9.74. The summed E-state index contributed by atoms with van der Waals surface area (Å²) < 4.78 is 0. The van der Waals surface area contributed by atoms with Gasteiger partial charge in [-0.05, 0) is 72.9 Å². The molecular formula is C24H29N3O. The van der Waals surface area contributed by atoms with Gasteiger partial charge in [0.1, 0.15) is 0 Å². The number of rotatable bonds is 2. The summed E-state index contributed by atoms with van der Waals surface area (Å²) in [6, 6.07) is 17.4. The van der Waals surface area contributed by atoms with Crippen LogP contribution in [0.4, 0.5) is 4.79 Å². The van der Waals surface area contributed by atoms with E-state index in [9.17, 15) is 4.79 Å². The zero-order valence-corrected chi connectivity index (χ0v) is 16.4. The van der Waals surface area contributed by atoms with Gasteiger partial charge in [-0.3, -0.25) is 0 Å². The number of urea groups is 1. The third-order valence-corrected chi connectivity index (χ3v) is 7.38. The molecule has 0 bridgehead atoms. The Bertz CT molecular complexity index is 885. The molecule has 1 atom stereocenters. The average Bonchev–Trinajstić information content (AvgIpc) is 3.08. The van der Waals surface area contributed by atoms with Gasteiger partial charge in [0.2, 0.25) is 0 Å². The highest BCUT2D eigenvalue weighted by molar-refractivity contribution is 5.73. The summed E-state index contributed by atoms with van der Waals surface area (Å²) in [4.78, 5) is 16.5. The Balaban J connectivity index is 1.28. The van der Waals surface area contributed by atoms with Gasteiger partial charge in [-0.15, -0.1) is 0 Å². The monoisotopic (exact) mass is 375 g/mol. The molecule has 2 heterocycles. The Labute approximate surface area is 167 Å². The van der Waals surface area contributed by atoms with E-state index in [1.165, 1.54) is 36.8 Å².